The number of hydrogen-bond acceptors (Lipinski definition) is 1. The number of fused-ring (bicyclic) bond motifs is 1. The molecule has 1 aliphatic heterocycles. The van der Waals surface area contributed by atoms with Crippen LogP contribution in [0.15, 0.2) is 24.3 Å². The largest absolute Gasteiger partial charge is 0.304 e. The first-order valence-corrected chi connectivity index (χ1v) is 6.17. The van der Waals surface area contributed by atoms with E-state index in [9.17, 15) is 0 Å². The molecule has 0 amide bonds. The summed E-state index contributed by atoms with van der Waals surface area (Å²) in [6.07, 6.45) is 1.14. The minimum Gasteiger partial charge on any atom is -0.304 e. The van der Waals surface area contributed by atoms with Gasteiger partial charge >= 0.3 is 0 Å². The van der Waals surface area contributed by atoms with Crippen molar-refractivity contribution in [3.63, 3.8) is 0 Å². The molecule has 0 fully saturated rings. The number of nitrogens with one attached hydrogen (secondary N) is 1. The summed E-state index contributed by atoms with van der Waals surface area (Å²) in [5.41, 5.74) is 3.36. The third-order valence-corrected chi connectivity index (χ3v) is 3.70. The van der Waals surface area contributed by atoms with Crippen LogP contribution in [0.25, 0.3) is 0 Å². The van der Waals surface area contributed by atoms with E-state index in [1.165, 1.54) is 11.1 Å². The van der Waals surface area contributed by atoms with Crippen molar-refractivity contribution in [3.8, 4) is 0 Å². The summed E-state index contributed by atoms with van der Waals surface area (Å²) in [4.78, 5) is 0. The highest BCUT2D eigenvalue weighted by atomic mass is 15.0. The molecule has 1 atom stereocenters. The van der Waals surface area contributed by atoms with Crippen LogP contribution >= 0.6 is 0 Å². The van der Waals surface area contributed by atoms with Crippen LogP contribution in [0.5, 0.6) is 0 Å². The maximum Gasteiger partial charge on any atom is 0.0382 e. The van der Waals surface area contributed by atoms with Gasteiger partial charge in [-0.25, -0.2) is 0 Å². The van der Waals surface area contributed by atoms with Crippen molar-refractivity contribution >= 4 is 0 Å². The van der Waals surface area contributed by atoms with Crippen LogP contribution in [0.3, 0.4) is 0 Å². The number of benzene rings is 1. The van der Waals surface area contributed by atoms with Crippen LogP contribution in [-0.4, -0.2) is 6.04 Å². The minimum atomic E-state index is 0.0901. The molecule has 1 aliphatic rings. The van der Waals surface area contributed by atoms with Gasteiger partial charge in [-0.05, 0) is 36.8 Å². The van der Waals surface area contributed by atoms with E-state index in [2.05, 4.69) is 64.2 Å². The zero-order valence-corrected chi connectivity index (χ0v) is 11.1. The van der Waals surface area contributed by atoms with E-state index in [-0.39, 0.29) is 5.54 Å². The lowest BCUT2D eigenvalue weighted by Gasteiger charge is -2.44. The Balaban J connectivity index is 2.41. The minimum absolute atomic E-state index is 0.0901. The van der Waals surface area contributed by atoms with Crippen molar-refractivity contribution in [1.29, 1.82) is 0 Å². The molecule has 16 heavy (non-hydrogen) atoms. The van der Waals surface area contributed by atoms with Gasteiger partial charge in [0.15, 0.2) is 0 Å². The lowest BCUT2D eigenvalue weighted by atomic mass is 9.74. The van der Waals surface area contributed by atoms with Crippen molar-refractivity contribution in [2.45, 2.75) is 52.6 Å². The van der Waals surface area contributed by atoms with Crippen molar-refractivity contribution in [3.05, 3.63) is 35.4 Å². The molecule has 0 bridgehead atoms. The summed E-state index contributed by atoms with van der Waals surface area (Å²) in [6.45, 7) is 11.5. The fourth-order valence-corrected chi connectivity index (χ4v) is 2.61. The second-order valence-corrected chi connectivity index (χ2v) is 6.55. The van der Waals surface area contributed by atoms with E-state index in [1.54, 1.807) is 0 Å². The van der Waals surface area contributed by atoms with E-state index in [0.717, 1.165) is 6.42 Å². The van der Waals surface area contributed by atoms with Crippen LogP contribution in [0.1, 0.15) is 45.7 Å². The van der Waals surface area contributed by atoms with Crippen LogP contribution < -0.4 is 5.32 Å². The zero-order valence-electron chi connectivity index (χ0n) is 11.1. The van der Waals surface area contributed by atoms with E-state index in [4.69, 9.17) is 0 Å². The van der Waals surface area contributed by atoms with Crippen molar-refractivity contribution in [1.82, 2.24) is 5.32 Å². The standard InChI is InChI=1S/C15H23N/c1-14(2,3)13-10-11-8-6-7-9-12(11)15(4,5)16-13/h6-9,13,16H,10H2,1-5H3. The fourth-order valence-electron chi connectivity index (χ4n) is 2.61. The summed E-state index contributed by atoms with van der Waals surface area (Å²) in [5, 5.41) is 3.79. The molecule has 0 aromatic heterocycles. The molecule has 1 aromatic carbocycles. The molecular weight excluding hydrogens is 194 g/mol. The molecule has 2 rings (SSSR count). The highest BCUT2D eigenvalue weighted by molar-refractivity contribution is 5.36. The third kappa shape index (κ3) is 2.01. The average Bonchev–Trinajstić information content (AvgIpc) is 2.15. The molecule has 1 unspecified atom stereocenters. The molecule has 0 saturated heterocycles. The molecule has 1 heteroatoms. The zero-order chi connectivity index (χ0) is 12.0. The highest BCUT2D eigenvalue weighted by Gasteiger charge is 2.36. The molecule has 0 aliphatic carbocycles. The summed E-state index contributed by atoms with van der Waals surface area (Å²) in [5.74, 6) is 0. The van der Waals surface area contributed by atoms with Crippen molar-refractivity contribution < 1.29 is 0 Å². The van der Waals surface area contributed by atoms with Gasteiger partial charge in [-0.1, -0.05) is 45.0 Å². The predicted octanol–water partition coefficient (Wildman–Crippen LogP) is 3.48. The Hall–Kier alpha value is -0.820. The van der Waals surface area contributed by atoms with Crippen LogP contribution in [-0.2, 0) is 12.0 Å². The van der Waals surface area contributed by atoms with Crippen molar-refractivity contribution in [2.75, 3.05) is 0 Å². The smallest absolute Gasteiger partial charge is 0.0382 e. The Labute approximate surface area is 99.3 Å². The van der Waals surface area contributed by atoms with Gasteiger partial charge < -0.3 is 5.32 Å². The molecule has 1 nitrogen and oxygen atoms in total. The number of rotatable bonds is 0. The molecular formula is C15H23N. The lowest BCUT2D eigenvalue weighted by Crippen LogP contribution is -2.54. The van der Waals surface area contributed by atoms with Gasteiger partial charge in [-0.3, -0.25) is 0 Å². The lowest BCUT2D eigenvalue weighted by molar-refractivity contribution is 0.193. The van der Waals surface area contributed by atoms with E-state index >= 15 is 0 Å². The molecule has 1 heterocycles. The van der Waals surface area contributed by atoms with Gasteiger partial charge in [0, 0.05) is 11.6 Å². The molecule has 0 saturated carbocycles. The first-order chi connectivity index (χ1) is 7.31. The Bertz CT molecular complexity index is 385. The van der Waals surface area contributed by atoms with Crippen molar-refractivity contribution in [2.24, 2.45) is 5.41 Å². The Morgan fingerprint density at radius 1 is 1.19 bits per heavy atom. The Morgan fingerprint density at radius 2 is 1.81 bits per heavy atom. The van der Waals surface area contributed by atoms with Crippen LogP contribution in [0.4, 0.5) is 0 Å². The second kappa shape index (κ2) is 3.59. The first kappa shape index (κ1) is 11.7. The SMILES string of the molecule is CC1(C)NC(C(C)(C)C)Cc2ccccc21. The molecule has 0 radical (unpaired) electrons. The van der Waals surface area contributed by atoms with Gasteiger partial charge in [-0.2, -0.15) is 0 Å². The molecule has 88 valence electrons. The Morgan fingerprint density at radius 3 is 2.44 bits per heavy atom. The van der Waals surface area contributed by atoms with Gasteiger partial charge in [0.2, 0.25) is 0 Å². The van der Waals surface area contributed by atoms with Crippen LogP contribution in [0, 0.1) is 5.41 Å². The number of hydrogen-bond donors (Lipinski definition) is 1. The topological polar surface area (TPSA) is 12.0 Å². The summed E-state index contributed by atoms with van der Waals surface area (Å²) >= 11 is 0. The van der Waals surface area contributed by atoms with E-state index < -0.39 is 0 Å². The predicted molar refractivity (Wildman–Crippen MR) is 69.6 cm³/mol. The average molecular weight is 217 g/mol. The van der Waals surface area contributed by atoms with Gasteiger partial charge in [-0.15, -0.1) is 0 Å². The molecule has 0 spiro atoms. The molecule has 1 aromatic rings. The summed E-state index contributed by atoms with van der Waals surface area (Å²) in [7, 11) is 0. The van der Waals surface area contributed by atoms with Gasteiger partial charge in [0.05, 0.1) is 0 Å². The van der Waals surface area contributed by atoms with Gasteiger partial charge in [0.25, 0.3) is 0 Å². The molecule has 1 N–H and O–H groups in total. The maximum absolute atomic E-state index is 3.79. The second-order valence-electron chi connectivity index (χ2n) is 6.55. The summed E-state index contributed by atoms with van der Waals surface area (Å²) in [6, 6.07) is 9.37. The van der Waals surface area contributed by atoms with E-state index in [1.807, 2.05) is 0 Å². The first-order valence-electron chi connectivity index (χ1n) is 6.17. The van der Waals surface area contributed by atoms with Crippen LogP contribution in [0.2, 0.25) is 0 Å². The fraction of sp³-hybridized carbons (Fsp3) is 0.600. The quantitative estimate of drug-likeness (QED) is 0.701. The van der Waals surface area contributed by atoms with E-state index in [0.29, 0.717) is 11.5 Å². The summed E-state index contributed by atoms with van der Waals surface area (Å²) < 4.78 is 0. The monoisotopic (exact) mass is 217 g/mol. The maximum atomic E-state index is 3.79. The highest BCUT2D eigenvalue weighted by Crippen LogP contribution is 2.35. The van der Waals surface area contributed by atoms with Gasteiger partial charge in [0.1, 0.15) is 0 Å². The normalized spacial score (nSPS) is 23.9. The third-order valence-electron chi connectivity index (χ3n) is 3.70. The Kier molecular flexibility index (Phi) is 2.62.